The average Bonchev–Trinajstić information content (AvgIpc) is 3.19. The van der Waals surface area contributed by atoms with Crippen molar-refractivity contribution in [1.29, 1.82) is 0 Å². The quantitative estimate of drug-likeness (QED) is 0.783. The summed E-state index contributed by atoms with van der Waals surface area (Å²) in [6, 6.07) is 10.3. The molecule has 0 saturated heterocycles. The fourth-order valence-electron chi connectivity index (χ4n) is 3.26. The van der Waals surface area contributed by atoms with Crippen LogP contribution in [0.15, 0.2) is 59.8 Å². The zero-order valence-corrected chi connectivity index (χ0v) is 15.5. The summed E-state index contributed by atoms with van der Waals surface area (Å²) >= 11 is 0. The van der Waals surface area contributed by atoms with Crippen LogP contribution in [0.5, 0.6) is 0 Å². The van der Waals surface area contributed by atoms with Crippen LogP contribution in [-0.4, -0.2) is 25.1 Å². The number of allylic oxidation sites excluding steroid dienone is 1. The van der Waals surface area contributed by atoms with Crippen LogP contribution >= 0.6 is 0 Å². The molecule has 1 aliphatic rings. The maximum atomic E-state index is 12.4. The molecule has 0 unspecified atom stereocenters. The van der Waals surface area contributed by atoms with Crippen LogP contribution in [0.1, 0.15) is 36.8 Å². The molecule has 0 aliphatic heterocycles. The summed E-state index contributed by atoms with van der Waals surface area (Å²) in [6.45, 7) is 0.156. The maximum Gasteiger partial charge on any atom is 0.240 e. The molecule has 2 aromatic rings. The first kappa shape index (κ1) is 18.8. The average molecular weight is 372 g/mol. The van der Waals surface area contributed by atoms with Gasteiger partial charge in [0.15, 0.2) is 0 Å². The van der Waals surface area contributed by atoms with Crippen LogP contribution < -0.4 is 4.72 Å². The van der Waals surface area contributed by atoms with Gasteiger partial charge in [0.2, 0.25) is 10.0 Å². The van der Waals surface area contributed by atoms with Crippen molar-refractivity contribution in [3.05, 3.63) is 66.0 Å². The number of aromatic nitrogens is 1. The van der Waals surface area contributed by atoms with Gasteiger partial charge in [-0.25, -0.2) is 13.1 Å². The number of benzene rings is 1. The van der Waals surface area contributed by atoms with E-state index in [0.717, 1.165) is 29.5 Å². The standard InChI is InChI=1S/C20H24N2O3S/c23-15-19(12-16-4-1-2-5-16)18-7-9-20(10-8-18)26(24,25)22-14-17-6-3-11-21-13-17/h3,6-13,16,22-23H,1-2,4-5,14-15H2. The fraction of sp³-hybridized carbons (Fsp3) is 0.350. The Hall–Kier alpha value is -2.02. The first-order valence-corrected chi connectivity index (χ1v) is 10.4. The van der Waals surface area contributed by atoms with Gasteiger partial charge in [0.1, 0.15) is 0 Å². The summed E-state index contributed by atoms with van der Waals surface area (Å²) in [5.41, 5.74) is 2.53. The number of hydrogen-bond donors (Lipinski definition) is 2. The number of nitrogens with one attached hydrogen (secondary N) is 1. The summed E-state index contributed by atoms with van der Waals surface area (Å²) in [5, 5.41) is 9.67. The lowest BCUT2D eigenvalue weighted by Gasteiger charge is -2.11. The second-order valence-corrected chi connectivity index (χ2v) is 8.37. The molecule has 0 spiro atoms. The molecule has 0 atom stereocenters. The van der Waals surface area contributed by atoms with E-state index in [4.69, 9.17) is 0 Å². The first-order chi connectivity index (χ1) is 12.6. The summed E-state index contributed by atoms with van der Waals surface area (Å²) < 4.78 is 27.5. The molecule has 3 rings (SSSR count). The Morgan fingerprint density at radius 2 is 1.92 bits per heavy atom. The second-order valence-electron chi connectivity index (χ2n) is 6.60. The van der Waals surface area contributed by atoms with E-state index in [1.807, 2.05) is 6.07 Å². The fourth-order valence-corrected chi connectivity index (χ4v) is 4.28. The van der Waals surface area contributed by atoms with E-state index in [1.54, 1.807) is 42.7 Å². The monoisotopic (exact) mass is 372 g/mol. The number of hydrogen-bond acceptors (Lipinski definition) is 4. The minimum Gasteiger partial charge on any atom is -0.392 e. The van der Waals surface area contributed by atoms with Crippen LogP contribution in [0.4, 0.5) is 0 Å². The third kappa shape index (κ3) is 4.78. The van der Waals surface area contributed by atoms with Gasteiger partial charge in [-0.2, -0.15) is 0 Å². The van der Waals surface area contributed by atoms with E-state index >= 15 is 0 Å². The van der Waals surface area contributed by atoms with E-state index in [1.165, 1.54) is 12.8 Å². The predicted molar refractivity (Wildman–Crippen MR) is 102 cm³/mol. The zero-order chi connectivity index (χ0) is 18.4. The van der Waals surface area contributed by atoms with Crippen molar-refractivity contribution >= 4 is 15.6 Å². The number of aliphatic hydroxyl groups is 1. The van der Waals surface area contributed by atoms with Gasteiger partial charge in [-0.05, 0) is 53.7 Å². The van der Waals surface area contributed by atoms with Crippen molar-refractivity contribution < 1.29 is 13.5 Å². The van der Waals surface area contributed by atoms with Gasteiger partial charge in [0, 0.05) is 18.9 Å². The van der Waals surface area contributed by atoms with Crippen LogP contribution in [0.3, 0.4) is 0 Å². The molecule has 6 heteroatoms. The molecule has 138 valence electrons. The molecule has 1 saturated carbocycles. The lowest BCUT2D eigenvalue weighted by molar-refractivity contribution is 0.349. The van der Waals surface area contributed by atoms with Crippen molar-refractivity contribution in [1.82, 2.24) is 9.71 Å². The Kier molecular flexibility index (Phi) is 6.19. The third-order valence-corrected chi connectivity index (χ3v) is 6.15. The highest BCUT2D eigenvalue weighted by atomic mass is 32.2. The van der Waals surface area contributed by atoms with E-state index in [-0.39, 0.29) is 18.0 Å². The lowest BCUT2D eigenvalue weighted by Crippen LogP contribution is -2.23. The SMILES string of the molecule is O=S(=O)(NCc1cccnc1)c1ccc(C(=CC2CCCC2)CO)cc1. The summed E-state index contributed by atoms with van der Waals surface area (Å²) in [6.07, 6.45) is 10.2. The van der Waals surface area contributed by atoms with Crippen molar-refractivity contribution in [2.75, 3.05) is 6.61 Å². The Morgan fingerprint density at radius 1 is 1.19 bits per heavy atom. The summed E-state index contributed by atoms with van der Waals surface area (Å²) in [4.78, 5) is 4.19. The first-order valence-electron chi connectivity index (χ1n) is 8.89. The van der Waals surface area contributed by atoms with Gasteiger partial charge in [-0.1, -0.05) is 37.1 Å². The van der Waals surface area contributed by atoms with E-state index < -0.39 is 10.0 Å². The molecule has 0 amide bonds. The second kappa shape index (κ2) is 8.58. The number of sulfonamides is 1. The Bertz CT molecular complexity index is 840. The number of nitrogens with zero attached hydrogens (tertiary/aromatic N) is 1. The summed E-state index contributed by atoms with van der Waals surface area (Å²) in [7, 11) is -3.59. The molecule has 1 aliphatic carbocycles. The van der Waals surface area contributed by atoms with Crippen molar-refractivity contribution in [2.24, 2.45) is 5.92 Å². The largest absolute Gasteiger partial charge is 0.392 e. The molecule has 2 N–H and O–H groups in total. The van der Waals surface area contributed by atoms with Crippen LogP contribution in [0.25, 0.3) is 5.57 Å². The Morgan fingerprint density at radius 3 is 2.54 bits per heavy atom. The molecule has 1 fully saturated rings. The highest BCUT2D eigenvalue weighted by molar-refractivity contribution is 7.89. The normalized spacial score (nSPS) is 16.1. The minimum absolute atomic E-state index is 0.0398. The topological polar surface area (TPSA) is 79.3 Å². The predicted octanol–water partition coefficient (Wildman–Crippen LogP) is 3.13. The molecule has 1 aromatic heterocycles. The van der Waals surface area contributed by atoms with Crippen LogP contribution in [0.2, 0.25) is 0 Å². The highest BCUT2D eigenvalue weighted by Gasteiger charge is 2.16. The van der Waals surface area contributed by atoms with Gasteiger partial charge >= 0.3 is 0 Å². The van der Waals surface area contributed by atoms with Gasteiger partial charge in [-0.15, -0.1) is 0 Å². The van der Waals surface area contributed by atoms with Crippen LogP contribution in [0, 0.1) is 5.92 Å². The molecule has 1 aromatic carbocycles. The molecule has 1 heterocycles. The molecule has 26 heavy (non-hydrogen) atoms. The van der Waals surface area contributed by atoms with Crippen molar-refractivity contribution in [3.63, 3.8) is 0 Å². The van der Waals surface area contributed by atoms with Crippen molar-refractivity contribution in [3.8, 4) is 0 Å². The van der Waals surface area contributed by atoms with Gasteiger partial charge < -0.3 is 5.11 Å². The number of rotatable bonds is 7. The molecule has 0 bridgehead atoms. The summed E-state index contributed by atoms with van der Waals surface area (Å²) in [5.74, 6) is 0.515. The van der Waals surface area contributed by atoms with Gasteiger partial charge in [0.25, 0.3) is 0 Å². The smallest absolute Gasteiger partial charge is 0.240 e. The molecule has 0 radical (unpaired) electrons. The Labute approximate surface area is 154 Å². The zero-order valence-electron chi connectivity index (χ0n) is 14.6. The number of pyridine rings is 1. The van der Waals surface area contributed by atoms with E-state index in [2.05, 4.69) is 15.8 Å². The molecular formula is C20H24N2O3S. The van der Waals surface area contributed by atoms with Gasteiger partial charge in [-0.3, -0.25) is 4.98 Å². The van der Waals surface area contributed by atoms with E-state index in [0.29, 0.717) is 5.92 Å². The van der Waals surface area contributed by atoms with E-state index in [9.17, 15) is 13.5 Å². The highest BCUT2D eigenvalue weighted by Crippen LogP contribution is 2.29. The van der Waals surface area contributed by atoms with Crippen molar-refractivity contribution in [2.45, 2.75) is 37.1 Å². The van der Waals surface area contributed by atoms with Gasteiger partial charge in [0.05, 0.1) is 11.5 Å². The Balaban J connectivity index is 1.71. The number of aliphatic hydroxyl groups excluding tert-OH is 1. The van der Waals surface area contributed by atoms with Crippen LogP contribution in [-0.2, 0) is 16.6 Å². The lowest BCUT2D eigenvalue weighted by atomic mass is 9.99. The molecular weight excluding hydrogens is 348 g/mol. The minimum atomic E-state index is -3.59. The maximum absolute atomic E-state index is 12.4. The molecule has 5 nitrogen and oxygen atoms in total. The third-order valence-electron chi connectivity index (χ3n) is 4.73.